The van der Waals surface area contributed by atoms with E-state index in [-0.39, 0.29) is 0 Å². The highest BCUT2D eigenvalue weighted by Crippen LogP contribution is 2.22. The summed E-state index contributed by atoms with van der Waals surface area (Å²) in [6, 6.07) is 8.33. The zero-order valence-electron chi connectivity index (χ0n) is 14.2. The number of hydrogen-bond acceptors (Lipinski definition) is 4. The normalized spacial score (nSPS) is 15.7. The van der Waals surface area contributed by atoms with Crippen molar-refractivity contribution in [1.82, 2.24) is 14.7 Å². The first kappa shape index (κ1) is 17.1. The standard InChI is InChI=1S/C18H25ClN4O/c1-24-18-6-4-5-17(13-18)22-11-9-21(10-12-22)7-2-3-8-23-15-16(19)14-20-23/h4-6,13-15H,2-3,7-12H2,1H3. The van der Waals surface area contributed by atoms with Gasteiger partial charge in [0.15, 0.2) is 0 Å². The van der Waals surface area contributed by atoms with Crippen LogP contribution in [0.2, 0.25) is 5.02 Å². The molecule has 1 aliphatic rings. The van der Waals surface area contributed by atoms with E-state index in [2.05, 4.69) is 33.1 Å². The number of nitrogens with zero attached hydrogens (tertiary/aromatic N) is 4. The zero-order chi connectivity index (χ0) is 16.8. The molecular weight excluding hydrogens is 324 g/mol. The van der Waals surface area contributed by atoms with E-state index in [1.54, 1.807) is 13.3 Å². The third kappa shape index (κ3) is 4.65. The quantitative estimate of drug-likeness (QED) is 0.720. The minimum Gasteiger partial charge on any atom is -0.497 e. The van der Waals surface area contributed by atoms with E-state index in [1.807, 2.05) is 16.9 Å². The van der Waals surface area contributed by atoms with Gasteiger partial charge in [-0.15, -0.1) is 0 Å². The maximum atomic E-state index is 5.87. The Bertz CT molecular complexity index is 637. The summed E-state index contributed by atoms with van der Waals surface area (Å²) in [4.78, 5) is 4.98. The summed E-state index contributed by atoms with van der Waals surface area (Å²) < 4.78 is 7.24. The maximum absolute atomic E-state index is 5.87. The molecule has 0 unspecified atom stereocenters. The highest BCUT2D eigenvalue weighted by Gasteiger charge is 2.17. The summed E-state index contributed by atoms with van der Waals surface area (Å²) in [5, 5.41) is 4.92. The molecule has 5 nitrogen and oxygen atoms in total. The SMILES string of the molecule is COc1cccc(N2CCN(CCCCn3cc(Cl)cn3)CC2)c1. The van der Waals surface area contributed by atoms with Crippen LogP contribution in [0, 0.1) is 0 Å². The molecule has 0 bridgehead atoms. The smallest absolute Gasteiger partial charge is 0.120 e. The fourth-order valence-corrected chi connectivity index (χ4v) is 3.26. The molecule has 3 rings (SSSR count). The summed E-state index contributed by atoms with van der Waals surface area (Å²) in [6.07, 6.45) is 5.90. The van der Waals surface area contributed by atoms with Gasteiger partial charge in [0.05, 0.1) is 18.3 Å². The number of benzene rings is 1. The molecule has 24 heavy (non-hydrogen) atoms. The fourth-order valence-electron chi connectivity index (χ4n) is 3.11. The Morgan fingerprint density at radius 2 is 1.92 bits per heavy atom. The lowest BCUT2D eigenvalue weighted by atomic mass is 10.2. The summed E-state index contributed by atoms with van der Waals surface area (Å²) >= 11 is 5.87. The number of anilines is 1. The second kappa shape index (κ2) is 8.40. The highest BCUT2D eigenvalue weighted by atomic mass is 35.5. The Labute approximate surface area is 148 Å². The number of piperazine rings is 1. The van der Waals surface area contributed by atoms with Gasteiger partial charge in [0.1, 0.15) is 5.75 Å². The van der Waals surface area contributed by atoms with Gasteiger partial charge in [-0.3, -0.25) is 9.58 Å². The molecule has 1 saturated heterocycles. The van der Waals surface area contributed by atoms with Crippen molar-refractivity contribution in [2.45, 2.75) is 19.4 Å². The predicted molar refractivity (Wildman–Crippen MR) is 98.1 cm³/mol. The van der Waals surface area contributed by atoms with Crippen LogP contribution in [-0.4, -0.2) is 54.5 Å². The minimum absolute atomic E-state index is 0.712. The van der Waals surface area contributed by atoms with E-state index in [4.69, 9.17) is 16.3 Å². The lowest BCUT2D eigenvalue weighted by molar-refractivity contribution is 0.250. The Morgan fingerprint density at radius 3 is 2.62 bits per heavy atom. The van der Waals surface area contributed by atoms with E-state index >= 15 is 0 Å². The van der Waals surface area contributed by atoms with Crippen LogP contribution in [0.4, 0.5) is 5.69 Å². The zero-order valence-corrected chi connectivity index (χ0v) is 15.0. The molecule has 0 N–H and O–H groups in total. The molecular formula is C18H25ClN4O. The van der Waals surface area contributed by atoms with Crippen LogP contribution in [0.1, 0.15) is 12.8 Å². The molecule has 1 aromatic carbocycles. The Kier molecular flexibility index (Phi) is 5.99. The summed E-state index contributed by atoms with van der Waals surface area (Å²) in [7, 11) is 1.72. The van der Waals surface area contributed by atoms with Crippen molar-refractivity contribution in [3.63, 3.8) is 0 Å². The molecule has 2 heterocycles. The van der Waals surface area contributed by atoms with Gasteiger partial charge < -0.3 is 9.64 Å². The third-order valence-electron chi connectivity index (χ3n) is 4.50. The van der Waals surface area contributed by atoms with Gasteiger partial charge in [0.25, 0.3) is 0 Å². The first-order valence-electron chi connectivity index (χ1n) is 8.54. The van der Waals surface area contributed by atoms with Crippen LogP contribution in [-0.2, 0) is 6.54 Å². The van der Waals surface area contributed by atoms with E-state index in [0.717, 1.165) is 51.4 Å². The first-order chi connectivity index (χ1) is 11.7. The van der Waals surface area contributed by atoms with E-state index in [1.165, 1.54) is 12.1 Å². The topological polar surface area (TPSA) is 33.5 Å². The van der Waals surface area contributed by atoms with Crippen LogP contribution < -0.4 is 9.64 Å². The molecule has 0 radical (unpaired) electrons. The summed E-state index contributed by atoms with van der Waals surface area (Å²) in [5.41, 5.74) is 1.25. The van der Waals surface area contributed by atoms with Crippen LogP contribution in [0.25, 0.3) is 0 Å². The molecule has 0 spiro atoms. The molecule has 1 aromatic heterocycles. The van der Waals surface area contributed by atoms with Crippen molar-refractivity contribution >= 4 is 17.3 Å². The Balaban J connectivity index is 1.37. The fraction of sp³-hybridized carbons (Fsp3) is 0.500. The Morgan fingerprint density at radius 1 is 1.12 bits per heavy atom. The van der Waals surface area contributed by atoms with Gasteiger partial charge in [-0.1, -0.05) is 17.7 Å². The predicted octanol–water partition coefficient (Wildman–Crippen LogP) is 3.15. The molecule has 130 valence electrons. The van der Waals surface area contributed by atoms with Crippen LogP contribution in [0.5, 0.6) is 5.75 Å². The van der Waals surface area contributed by atoms with E-state index in [9.17, 15) is 0 Å². The van der Waals surface area contributed by atoms with Crippen LogP contribution >= 0.6 is 11.6 Å². The highest BCUT2D eigenvalue weighted by molar-refractivity contribution is 6.30. The number of rotatable bonds is 7. The van der Waals surface area contributed by atoms with E-state index in [0.29, 0.717) is 5.02 Å². The van der Waals surface area contributed by atoms with Crippen LogP contribution in [0.3, 0.4) is 0 Å². The number of methoxy groups -OCH3 is 1. The van der Waals surface area contributed by atoms with Gasteiger partial charge in [0, 0.05) is 50.7 Å². The number of hydrogen-bond donors (Lipinski definition) is 0. The molecule has 0 saturated carbocycles. The largest absolute Gasteiger partial charge is 0.497 e. The van der Waals surface area contributed by atoms with Crippen molar-refractivity contribution in [3.05, 3.63) is 41.7 Å². The summed E-state index contributed by atoms with van der Waals surface area (Å²) in [5.74, 6) is 0.925. The van der Waals surface area contributed by atoms with E-state index < -0.39 is 0 Å². The van der Waals surface area contributed by atoms with Gasteiger partial charge in [-0.05, 0) is 31.5 Å². The number of aromatic nitrogens is 2. The molecule has 1 fully saturated rings. The summed E-state index contributed by atoms with van der Waals surface area (Å²) in [6.45, 7) is 6.47. The lowest BCUT2D eigenvalue weighted by Gasteiger charge is -2.36. The van der Waals surface area contributed by atoms with Crippen molar-refractivity contribution in [1.29, 1.82) is 0 Å². The number of unbranched alkanes of at least 4 members (excludes halogenated alkanes) is 1. The average Bonchev–Trinajstić information content (AvgIpc) is 3.04. The average molecular weight is 349 g/mol. The Hall–Kier alpha value is -1.72. The minimum atomic E-state index is 0.712. The molecule has 6 heteroatoms. The molecule has 2 aromatic rings. The molecule has 0 amide bonds. The second-order valence-electron chi connectivity index (χ2n) is 6.16. The second-order valence-corrected chi connectivity index (χ2v) is 6.60. The van der Waals surface area contributed by atoms with Gasteiger partial charge >= 0.3 is 0 Å². The number of halogens is 1. The molecule has 0 aliphatic carbocycles. The van der Waals surface area contributed by atoms with Gasteiger partial charge in [-0.2, -0.15) is 5.10 Å². The number of aryl methyl sites for hydroxylation is 1. The number of ether oxygens (including phenoxy) is 1. The maximum Gasteiger partial charge on any atom is 0.120 e. The molecule has 1 aliphatic heterocycles. The lowest BCUT2D eigenvalue weighted by Crippen LogP contribution is -2.46. The molecule has 0 atom stereocenters. The van der Waals surface area contributed by atoms with Crippen LogP contribution in [0.15, 0.2) is 36.7 Å². The van der Waals surface area contributed by atoms with Crippen molar-refractivity contribution < 1.29 is 4.74 Å². The first-order valence-corrected chi connectivity index (χ1v) is 8.92. The monoisotopic (exact) mass is 348 g/mol. The van der Waals surface area contributed by atoms with Gasteiger partial charge in [-0.25, -0.2) is 0 Å². The van der Waals surface area contributed by atoms with Gasteiger partial charge in [0.2, 0.25) is 0 Å². The van der Waals surface area contributed by atoms with Crippen molar-refractivity contribution in [2.75, 3.05) is 44.7 Å². The van der Waals surface area contributed by atoms with Crippen molar-refractivity contribution in [3.8, 4) is 5.75 Å². The third-order valence-corrected chi connectivity index (χ3v) is 4.70. The van der Waals surface area contributed by atoms with Crippen molar-refractivity contribution in [2.24, 2.45) is 0 Å².